The van der Waals surface area contributed by atoms with Crippen molar-refractivity contribution in [2.45, 2.75) is 31.3 Å². The molecule has 3 N–H and O–H groups in total. The second kappa shape index (κ2) is 8.79. The first kappa shape index (κ1) is 23.3. The van der Waals surface area contributed by atoms with Crippen molar-refractivity contribution in [1.29, 1.82) is 16.2 Å². The Bertz CT molecular complexity index is 1150. The Balaban J connectivity index is 1.28. The largest absolute Gasteiger partial charge is 0.490 e. The standard InChI is InChI=1S/C23H24ClF2N5O2/c24-19-1-2-20(17(10-27)18(19)11-32)33-16-8-22(9-16)12-30(13-22)6-4-23(25,26)15-3-5-31(14-28)21(29)7-15/h1-3,5,7,10-11,14,16,27-29H,4,6,8-9,12-13H2. The number of ether oxygens (including phenoxy) is 1. The Morgan fingerprint density at radius 1 is 1.21 bits per heavy atom. The van der Waals surface area contributed by atoms with Crippen LogP contribution < -0.4 is 10.2 Å². The highest BCUT2D eigenvalue weighted by atomic mass is 35.5. The minimum Gasteiger partial charge on any atom is -0.490 e. The van der Waals surface area contributed by atoms with Crippen molar-refractivity contribution in [1.82, 2.24) is 9.47 Å². The van der Waals surface area contributed by atoms with E-state index in [9.17, 15) is 13.6 Å². The summed E-state index contributed by atoms with van der Waals surface area (Å²) in [6.07, 6.45) is 5.08. The maximum Gasteiger partial charge on any atom is 0.274 e. The number of carbonyl (C=O) groups is 1. The summed E-state index contributed by atoms with van der Waals surface area (Å²) < 4.78 is 36.3. The molecule has 1 spiro atoms. The van der Waals surface area contributed by atoms with Crippen LogP contribution >= 0.6 is 11.6 Å². The number of rotatable bonds is 9. The summed E-state index contributed by atoms with van der Waals surface area (Å²) in [4.78, 5) is 13.3. The Morgan fingerprint density at radius 3 is 2.55 bits per heavy atom. The Hall–Kier alpha value is -2.91. The van der Waals surface area contributed by atoms with Gasteiger partial charge in [-0.15, -0.1) is 0 Å². The van der Waals surface area contributed by atoms with Crippen LogP contribution in [0.2, 0.25) is 5.02 Å². The molecule has 174 valence electrons. The van der Waals surface area contributed by atoms with E-state index in [1.807, 2.05) is 4.90 Å². The van der Waals surface area contributed by atoms with E-state index >= 15 is 0 Å². The average Bonchev–Trinajstić information content (AvgIpc) is 2.74. The molecule has 0 bridgehead atoms. The molecule has 1 saturated heterocycles. The number of nitrogens with one attached hydrogen (secondary N) is 3. The highest BCUT2D eigenvalue weighted by Crippen LogP contribution is 2.50. The van der Waals surface area contributed by atoms with E-state index in [2.05, 4.69) is 0 Å². The summed E-state index contributed by atoms with van der Waals surface area (Å²) in [7, 11) is 0. The van der Waals surface area contributed by atoms with Crippen molar-refractivity contribution >= 4 is 30.4 Å². The molecular weight excluding hydrogens is 452 g/mol. The van der Waals surface area contributed by atoms with Gasteiger partial charge in [0.25, 0.3) is 5.92 Å². The molecule has 1 aromatic heterocycles. The number of alkyl halides is 2. The summed E-state index contributed by atoms with van der Waals surface area (Å²) in [6.45, 7) is 1.71. The molecule has 4 rings (SSSR count). The van der Waals surface area contributed by atoms with Gasteiger partial charge in [0.15, 0.2) is 6.29 Å². The predicted molar refractivity (Wildman–Crippen MR) is 120 cm³/mol. The molecule has 1 aliphatic carbocycles. The Labute approximate surface area is 194 Å². The summed E-state index contributed by atoms with van der Waals surface area (Å²) in [5.74, 6) is -2.59. The first-order valence-electron chi connectivity index (χ1n) is 10.5. The van der Waals surface area contributed by atoms with Crippen molar-refractivity contribution in [3.8, 4) is 5.75 Å². The molecule has 0 amide bonds. The minimum absolute atomic E-state index is 0.0479. The van der Waals surface area contributed by atoms with E-state index < -0.39 is 5.92 Å². The van der Waals surface area contributed by atoms with Gasteiger partial charge < -0.3 is 15.0 Å². The van der Waals surface area contributed by atoms with E-state index in [4.69, 9.17) is 32.6 Å². The Kier molecular flexibility index (Phi) is 6.20. The topological polar surface area (TPSA) is 106 Å². The molecule has 0 atom stereocenters. The first-order chi connectivity index (χ1) is 15.7. The van der Waals surface area contributed by atoms with Gasteiger partial charge in [0.05, 0.1) is 17.5 Å². The van der Waals surface area contributed by atoms with Crippen molar-refractivity contribution in [2.24, 2.45) is 5.41 Å². The minimum atomic E-state index is -3.04. The van der Waals surface area contributed by atoms with Crippen molar-refractivity contribution in [3.05, 3.63) is 57.7 Å². The van der Waals surface area contributed by atoms with E-state index in [1.165, 1.54) is 12.3 Å². The van der Waals surface area contributed by atoms with Gasteiger partial charge in [0.2, 0.25) is 0 Å². The number of nitrogens with zero attached hydrogens (tertiary/aromatic N) is 2. The molecule has 0 unspecified atom stereocenters. The molecule has 1 saturated carbocycles. The zero-order valence-electron chi connectivity index (χ0n) is 17.8. The van der Waals surface area contributed by atoms with Crippen LogP contribution in [0.3, 0.4) is 0 Å². The van der Waals surface area contributed by atoms with Gasteiger partial charge in [-0.1, -0.05) is 11.6 Å². The van der Waals surface area contributed by atoms with Crippen LogP contribution in [0.1, 0.15) is 40.7 Å². The average molecular weight is 476 g/mol. The predicted octanol–water partition coefficient (Wildman–Crippen LogP) is 3.91. The van der Waals surface area contributed by atoms with Crippen LogP contribution in [0.4, 0.5) is 8.78 Å². The van der Waals surface area contributed by atoms with Crippen molar-refractivity contribution < 1.29 is 18.3 Å². The number of benzene rings is 1. The number of aromatic nitrogens is 1. The van der Waals surface area contributed by atoms with Crippen molar-refractivity contribution in [2.75, 3.05) is 19.6 Å². The number of hydrogen-bond donors (Lipinski definition) is 3. The van der Waals surface area contributed by atoms with Crippen LogP contribution in [0.15, 0.2) is 30.5 Å². The fourth-order valence-corrected chi connectivity index (χ4v) is 4.95. The molecular formula is C23H24ClF2N5O2. The van der Waals surface area contributed by atoms with Crippen LogP contribution in [-0.4, -0.2) is 54.0 Å². The normalized spacial score (nSPS) is 17.8. The number of hydrogen-bond acceptors (Lipinski definition) is 6. The van der Waals surface area contributed by atoms with Gasteiger partial charge in [0, 0.05) is 60.6 Å². The zero-order chi connectivity index (χ0) is 23.8. The first-order valence-corrected chi connectivity index (χ1v) is 10.9. The fourth-order valence-electron chi connectivity index (χ4n) is 4.74. The molecule has 2 heterocycles. The number of likely N-dealkylation sites (tertiary alicyclic amines) is 1. The lowest BCUT2D eigenvalue weighted by molar-refractivity contribution is -0.128. The molecule has 2 aliphatic rings. The third-order valence-corrected chi connectivity index (χ3v) is 6.81. The molecule has 7 nitrogen and oxygen atoms in total. The molecule has 1 aliphatic heterocycles. The Morgan fingerprint density at radius 2 is 1.94 bits per heavy atom. The molecule has 10 heteroatoms. The monoisotopic (exact) mass is 475 g/mol. The summed E-state index contributed by atoms with van der Waals surface area (Å²) in [5, 5.41) is 22.7. The maximum absolute atomic E-state index is 14.6. The molecule has 2 fully saturated rings. The number of aldehydes is 1. The van der Waals surface area contributed by atoms with E-state index in [0.29, 0.717) is 17.6 Å². The van der Waals surface area contributed by atoms with Gasteiger partial charge >= 0.3 is 0 Å². The summed E-state index contributed by atoms with van der Waals surface area (Å²) in [5.41, 5.74) is 0.299. The van der Waals surface area contributed by atoms with Crippen LogP contribution in [-0.2, 0) is 5.92 Å². The third-order valence-electron chi connectivity index (χ3n) is 6.48. The van der Waals surface area contributed by atoms with E-state index in [-0.39, 0.29) is 46.1 Å². The fraction of sp³-hybridized carbons (Fsp3) is 0.391. The van der Waals surface area contributed by atoms with Crippen LogP contribution in [0, 0.1) is 21.6 Å². The smallest absolute Gasteiger partial charge is 0.274 e. The van der Waals surface area contributed by atoms with Gasteiger partial charge in [-0.2, -0.15) is 0 Å². The highest BCUT2D eigenvalue weighted by molar-refractivity contribution is 6.33. The summed E-state index contributed by atoms with van der Waals surface area (Å²) >= 11 is 6.01. The number of pyridine rings is 1. The lowest BCUT2D eigenvalue weighted by Crippen LogP contribution is -2.64. The van der Waals surface area contributed by atoms with E-state index in [1.54, 1.807) is 12.1 Å². The zero-order valence-corrected chi connectivity index (χ0v) is 18.5. The quantitative estimate of drug-likeness (QED) is 0.291. The maximum atomic E-state index is 14.6. The molecule has 33 heavy (non-hydrogen) atoms. The van der Waals surface area contributed by atoms with Gasteiger partial charge in [0.1, 0.15) is 11.2 Å². The van der Waals surface area contributed by atoms with Gasteiger partial charge in [-0.05, 0) is 37.1 Å². The highest BCUT2D eigenvalue weighted by Gasteiger charge is 2.53. The lowest BCUT2D eigenvalue weighted by atomic mass is 9.61. The number of halogens is 3. The van der Waals surface area contributed by atoms with E-state index in [0.717, 1.165) is 49.1 Å². The summed E-state index contributed by atoms with van der Waals surface area (Å²) in [6, 6.07) is 5.59. The second-order valence-electron chi connectivity index (χ2n) is 8.79. The lowest BCUT2D eigenvalue weighted by Gasteiger charge is -2.59. The SMILES string of the molecule is N=Cc1c(OC2CC3(C2)CN(CCC(F)(F)c2ccn(C=N)c(=N)c2)C3)ccc(Cl)c1C=O. The van der Waals surface area contributed by atoms with Crippen molar-refractivity contribution in [3.63, 3.8) is 0 Å². The third kappa shape index (κ3) is 4.47. The van der Waals surface area contributed by atoms with Gasteiger partial charge in [-0.25, -0.2) is 8.78 Å². The van der Waals surface area contributed by atoms with Crippen LogP contribution in [0.5, 0.6) is 5.75 Å². The second-order valence-corrected chi connectivity index (χ2v) is 9.19. The number of carbonyl (C=O) groups excluding carboxylic acids is 1. The van der Waals surface area contributed by atoms with Crippen LogP contribution in [0.25, 0.3) is 0 Å². The van der Waals surface area contributed by atoms with Gasteiger partial charge in [-0.3, -0.25) is 20.2 Å². The molecule has 2 aromatic rings. The molecule has 0 radical (unpaired) electrons. The molecule has 1 aromatic carbocycles.